The van der Waals surface area contributed by atoms with Crippen LogP contribution >= 0.6 is 45.3 Å². The van der Waals surface area contributed by atoms with E-state index in [0.717, 1.165) is 165 Å². The van der Waals surface area contributed by atoms with Crippen LogP contribution in [0.4, 0.5) is 8.78 Å². The van der Waals surface area contributed by atoms with Crippen LogP contribution in [-0.2, 0) is 0 Å². The zero-order chi connectivity index (χ0) is 67.5. The minimum atomic E-state index is -0.872. The zero-order valence-electron chi connectivity index (χ0n) is 59.0. The van der Waals surface area contributed by atoms with Crippen LogP contribution in [0.25, 0.3) is 94.4 Å². The number of ether oxygens (including phenoxy) is 4. The maximum absolute atomic E-state index is 17.1. The van der Waals surface area contributed by atoms with Crippen LogP contribution in [0.5, 0.6) is 23.0 Å². The van der Waals surface area contributed by atoms with Crippen molar-refractivity contribution in [3.8, 4) is 75.2 Å². The number of hydrogen-bond acceptors (Lipinski definition) is 12. The van der Waals surface area contributed by atoms with Crippen LogP contribution in [0, 0.1) is 51.2 Å². The number of aromatic nitrogens is 4. The third-order valence-electron chi connectivity index (χ3n) is 19.6. The molecule has 6 aromatic heterocycles. The molecular formula is C80H104F2N4O4S4Se2. The molecule has 0 aliphatic heterocycles. The van der Waals surface area contributed by atoms with Gasteiger partial charge < -0.3 is 0 Å². The average Bonchev–Trinajstić information content (AvgIpc) is 1.57. The van der Waals surface area contributed by atoms with Crippen molar-refractivity contribution in [2.24, 2.45) is 11.8 Å². The van der Waals surface area contributed by atoms with E-state index in [1.165, 1.54) is 156 Å². The Bertz CT molecular complexity index is 4030. The number of thiophene rings is 4. The number of benzene rings is 4. The molecule has 0 aliphatic carbocycles. The second-order valence-corrected chi connectivity index (χ2v) is 33.5. The van der Waals surface area contributed by atoms with E-state index in [2.05, 4.69) is 81.4 Å². The molecule has 0 radical (unpaired) electrons. The Labute approximate surface area is 600 Å². The van der Waals surface area contributed by atoms with Crippen molar-refractivity contribution in [3.05, 3.63) is 81.7 Å². The van der Waals surface area contributed by atoms with Crippen LogP contribution < -0.4 is 18.9 Å². The van der Waals surface area contributed by atoms with Gasteiger partial charge in [-0.15, -0.1) is 0 Å². The number of hydrogen-bond donors (Lipinski definition) is 0. The fourth-order valence-electron chi connectivity index (χ4n) is 13.7. The molecule has 0 spiro atoms. The standard InChI is InChI=1S/C80H104F2N4O4S4Se2/c1-11-17-21-23-25-27-29-31-33-35-45-87-75-52(8)66(72-71(54(75)10)83-95-84-72)63-43-41-61(92-63)57-39-40-58(70(82)69(57)81)62-42-44-64(93-62)68-74-73(85-96-86-74)67(53(9)76(68)88-46-36-34-32-30-28-26-24-22-18-12-2)65-48-60-78(90-50-56(16-6)38-20-14-4)79-59(47-51(7)91-79)77(80(60)94-65)89-49-55(15-5)37-19-13-3/h39-44,47-48,55-56H,11-38,45-46,49-50H2,1-10H3. The van der Waals surface area contributed by atoms with Gasteiger partial charge in [0, 0.05) is 0 Å². The molecule has 16 heteroatoms. The van der Waals surface area contributed by atoms with Gasteiger partial charge >= 0.3 is 513 Å². The summed E-state index contributed by atoms with van der Waals surface area (Å²) in [5.74, 6) is 2.70. The van der Waals surface area contributed by atoms with E-state index < -0.39 is 26.6 Å². The quantitative estimate of drug-likeness (QED) is 0.0276. The first-order valence-corrected chi connectivity index (χ1v) is 43.0. The molecule has 6 heterocycles. The molecule has 4 aromatic carbocycles. The van der Waals surface area contributed by atoms with Crippen molar-refractivity contribution >= 4 is 118 Å². The summed E-state index contributed by atoms with van der Waals surface area (Å²) < 4.78 is 84.6. The van der Waals surface area contributed by atoms with E-state index in [-0.39, 0.29) is 26.1 Å². The topological polar surface area (TPSA) is 88.5 Å². The third kappa shape index (κ3) is 17.8. The Morgan fingerprint density at radius 3 is 1.27 bits per heavy atom. The average molecular weight is 1510 g/mol. The molecule has 0 amide bonds. The molecule has 0 aliphatic rings. The summed E-state index contributed by atoms with van der Waals surface area (Å²) in [6.45, 7) is 24.7. The summed E-state index contributed by atoms with van der Waals surface area (Å²) in [4.78, 5) is 5.39. The summed E-state index contributed by atoms with van der Waals surface area (Å²) in [7, 11) is 0. The first-order valence-electron chi connectivity index (χ1n) is 36.7. The van der Waals surface area contributed by atoms with Gasteiger partial charge in [-0.25, -0.2) is 0 Å². The van der Waals surface area contributed by atoms with Gasteiger partial charge in [0.1, 0.15) is 0 Å². The second kappa shape index (κ2) is 37.3. The molecule has 0 N–H and O–H groups in total. The number of halogens is 2. The van der Waals surface area contributed by atoms with Crippen molar-refractivity contribution < 1.29 is 27.7 Å². The summed E-state index contributed by atoms with van der Waals surface area (Å²) in [6, 6.07) is 16.0. The molecular weight excluding hydrogens is 1410 g/mol. The number of aryl methyl sites for hydroxylation is 2. The van der Waals surface area contributed by atoms with Crippen LogP contribution in [0.1, 0.15) is 243 Å². The molecule has 0 saturated carbocycles. The predicted molar refractivity (Wildman–Crippen MR) is 411 cm³/mol. The Hall–Kier alpha value is -4.50. The van der Waals surface area contributed by atoms with E-state index in [1.54, 1.807) is 34.8 Å². The fraction of sp³-hybridized carbons (Fsp3) is 0.550. The van der Waals surface area contributed by atoms with Gasteiger partial charge in [-0.1, -0.05) is 91.9 Å². The van der Waals surface area contributed by atoms with Gasteiger partial charge in [-0.3, -0.25) is 0 Å². The monoisotopic (exact) mass is 1510 g/mol. The summed E-state index contributed by atoms with van der Waals surface area (Å²) in [5, 5.41) is 2.20. The molecule has 0 fully saturated rings. The summed E-state index contributed by atoms with van der Waals surface area (Å²) in [5.41, 5.74) is 9.73. The van der Waals surface area contributed by atoms with Gasteiger partial charge in [-0.2, -0.15) is 0 Å². The van der Waals surface area contributed by atoms with Crippen molar-refractivity contribution in [1.82, 2.24) is 15.9 Å². The van der Waals surface area contributed by atoms with Crippen LogP contribution in [0.2, 0.25) is 0 Å². The Morgan fingerprint density at radius 1 is 0.375 bits per heavy atom. The molecule has 10 rings (SSSR count). The van der Waals surface area contributed by atoms with Crippen molar-refractivity contribution in [1.29, 1.82) is 0 Å². The molecule has 96 heavy (non-hydrogen) atoms. The van der Waals surface area contributed by atoms with E-state index in [4.69, 9.17) is 34.9 Å². The first kappa shape index (κ1) is 74.2. The molecule has 2 atom stereocenters. The first-order chi connectivity index (χ1) is 46.9. The van der Waals surface area contributed by atoms with E-state index >= 15 is 8.78 Å². The van der Waals surface area contributed by atoms with Gasteiger partial charge in [0.2, 0.25) is 0 Å². The van der Waals surface area contributed by atoms with Crippen molar-refractivity contribution in [2.45, 2.75) is 249 Å². The SMILES string of the molecule is CCCCCCCCCCCCOc1c(C)c(-c2ccc(-c3ccc(-c4ccc(-c5c(OCCCCCCCCCCCC)c(C)c(-c6cc7c(OCC(CC)CCCC)c8sc(C)cc8c(OCC(CC)CCCC)c7s6)c6n[se]nc56)s4)c(F)c3F)s2)c2n[se]nc2c1C. The van der Waals surface area contributed by atoms with Crippen molar-refractivity contribution in [2.75, 3.05) is 26.4 Å². The van der Waals surface area contributed by atoms with Gasteiger partial charge in [0.25, 0.3) is 0 Å². The second-order valence-electron chi connectivity index (χ2n) is 26.8. The molecule has 0 saturated heterocycles. The Kier molecular flexibility index (Phi) is 28.8. The van der Waals surface area contributed by atoms with Gasteiger partial charge in [-0.05, 0) is 0 Å². The molecule has 2 unspecified atom stereocenters. The van der Waals surface area contributed by atoms with E-state index in [9.17, 15) is 0 Å². The summed E-state index contributed by atoms with van der Waals surface area (Å²) >= 11 is 5.79. The molecule has 518 valence electrons. The number of unbranched alkanes of at least 4 members (excludes halogenated alkanes) is 20. The maximum atomic E-state index is 17.1. The van der Waals surface area contributed by atoms with Gasteiger partial charge in [0.05, 0.1) is 0 Å². The fourth-order valence-corrected chi connectivity index (χ4v) is 20.7. The van der Waals surface area contributed by atoms with Gasteiger partial charge in [0.15, 0.2) is 0 Å². The van der Waals surface area contributed by atoms with E-state index in [0.29, 0.717) is 48.0 Å². The zero-order valence-corrected chi connectivity index (χ0v) is 65.7. The Morgan fingerprint density at radius 2 is 0.771 bits per heavy atom. The van der Waals surface area contributed by atoms with Crippen LogP contribution in [0.3, 0.4) is 0 Å². The predicted octanol–water partition coefficient (Wildman–Crippen LogP) is 25.9. The Balaban J connectivity index is 0.970. The molecule has 10 aromatic rings. The number of nitrogens with zero attached hydrogens (tertiary/aromatic N) is 4. The van der Waals surface area contributed by atoms with Crippen LogP contribution in [0.15, 0.2) is 48.5 Å². The normalized spacial score (nSPS) is 12.6. The molecule has 0 bridgehead atoms. The third-order valence-corrected chi connectivity index (χ3v) is 26.3. The summed E-state index contributed by atoms with van der Waals surface area (Å²) in [6.07, 6.45) is 34.0. The minimum absolute atomic E-state index is 0.217. The van der Waals surface area contributed by atoms with E-state index in [1.807, 2.05) is 24.3 Å². The van der Waals surface area contributed by atoms with Crippen LogP contribution in [-0.4, -0.2) is 72.3 Å². The molecule has 8 nitrogen and oxygen atoms in total. The number of fused-ring (bicyclic) bond motifs is 4. The number of rotatable bonds is 43. The van der Waals surface area contributed by atoms with Crippen molar-refractivity contribution in [3.63, 3.8) is 0 Å².